The zero-order valence-electron chi connectivity index (χ0n) is 16.1. The number of hydrogen-bond donors (Lipinski definition) is 1. The minimum Gasteiger partial charge on any atom is -0.496 e. The molecule has 0 bridgehead atoms. The Morgan fingerprint density at radius 3 is 2.45 bits per heavy atom. The number of aryl methyl sites for hydroxylation is 1. The molecule has 0 aliphatic rings. The number of carbonyl (C=O) groups excluding carboxylic acids is 1. The van der Waals surface area contributed by atoms with Crippen molar-refractivity contribution < 1.29 is 22.7 Å². The van der Waals surface area contributed by atoms with E-state index in [9.17, 15) is 13.2 Å². The van der Waals surface area contributed by atoms with E-state index >= 15 is 0 Å². The number of hydrogen-bond acceptors (Lipinski definition) is 5. The molecule has 0 spiro atoms. The molecule has 0 fully saturated rings. The summed E-state index contributed by atoms with van der Waals surface area (Å²) in [6.45, 7) is 1.98. The van der Waals surface area contributed by atoms with Gasteiger partial charge in [-0.05, 0) is 49.4 Å². The molecule has 0 saturated heterocycles. The van der Waals surface area contributed by atoms with Crippen LogP contribution in [0.25, 0.3) is 0 Å². The van der Waals surface area contributed by atoms with Crippen LogP contribution in [0.4, 0.5) is 5.69 Å². The van der Waals surface area contributed by atoms with Gasteiger partial charge in [-0.25, -0.2) is 13.2 Å². The van der Waals surface area contributed by atoms with Gasteiger partial charge in [-0.2, -0.15) is 0 Å². The summed E-state index contributed by atoms with van der Waals surface area (Å²) in [5, 5.41) is 0. The molecule has 3 aromatic carbocycles. The van der Waals surface area contributed by atoms with Crippen molar-refractivity contribution in [1.82, 2.24) is 0 Å². The van der Waals surface area contributed by atoms with E-state index < -0.39 is 16.0 Å². The molecule has 0 unspecified atom stereocenters. The van der Waals surface area contributed by atoms with Gasteiger partial charge in [-0.3, -0.25) is 4.72 Å². The fraction of sp³-hybridized carbons (Fsp3) is 0.136. The zero-order valence-corrected chi connectivity index (χ0v) is 16.9. The molecule has 0 radical (unpaired) electrons. The van der Waals surface area contributed by atoms with Crippen molar-refractivity contribution in [3.05, 3.63) is 89.5 Å². The average molecular weight is 411 g/mol. The second kappa shape index (κ2) is 8.79. The minimum atomic E-state index is -3.74. The summed E-state index contributed by atoms with van der Waals surface area (Å²) in [5.74, 6) is 0.0714. The fourth-order valence-electron chi connectivity index (χ4n) is 2.77. The quantitative estimate of drug-likeness (QED) is 0.591. The monoisotopic (exact) mass is 411 g/mol. The van der Waals surface area contributed by atoms with Crippen LogP contribution in [0.3, 0.4) is 0 Å². The Bertz CT molecular complexity index is 1110. The topological polar surface area (TPSA) is 81.7 Å². The van der Waals surface area contributed by atoms with Crippen molar-refractivity contribution in [3.63, 3.8) is 0 Å². The van der Waals surface area contributed by atoms with Crippen LogP contribution in [0.5, 0.6) is 5.75 Å². The predicted molar refractivity (Wildman–Crippen MR) is 111 cm³/mol. The number of benzene rings is 3. The van der Waals surface area contributed by atoms with E-state index in [4.69, 9.17) is 9.47 Å². The summed E-state index contributed by atoms with van der Waals surface area (Å²) in [5.41, 5.74) is 2.29. The van der Waals surface area contributed by atoms with Crippen LogP contribution < -0.4 is 9.46 Å². The van der Waals surface area contributed by atoms with Crippen molar-refractivity contribution in [1.29, 1.82) is 0 Å². The summed E-state index contributed by atoms with van der Waals surface area (Å²) in [6.07, 6.45) is 0. The average Bonchev–Trinajstić information content (AvgIpc) is 2.72. The number of anilines is 1. The molecule has 0 atom stereocenters. The largest absolute Gasteiger partial charge is 0.496 e. The maximum absolute atomic E-state index is 12.5. The first-order chi connectivity index (χ1) is 13.9. The lowest BCUT2D eigenvalue weighted by Gasteiger charge is -2.11. The molecule has 0 aliphatic carbocycles. The fourth-order valence-corrected chi connectivity index (χ4v) is 3.84. The maximum Gasteiger partial charge on any atom is 0.338 e. The van der Waals surface area contributed by atoms with E-state index in [1.807, 2.05) is 25.1 Å². The van der Waals surface area contributed by atoms with Crippen LogP contribution in [0.1, 0.15) is 21.5 Å². The van der Waals surface area contributed by atoms with Gasteiger partial charge in [0.2, 0.25) is 0 Å². The molecule has 0 saturated carbocycles. The van der Waals surface area contributed by atoms with Gasteiger partial charge in [0, 0.05) is 11.3 Å². The lowest BCUT2D eigenvalue weighted by Crippen LogP contribution is -2.13. The molecule has 3 aromatic rings. The highest BCUT2D eigenvalue weighted by atomic mass is 32.2. The van der Waals surface area contributed by atoms with Gasteiger partial charge in [0.15, 0.2) is 0 Å². The second-order valence-electron chi connectivity index (χ2n) is 6.39. The second-order valence-corrected chi connectivity index (χ2v) is 8.07. The number of ether oxygens (including phenoxy) is 2. The molecule has 6 nitrogen and oxygen atoms in total. The first-order valence-electron chi connectivity index (χ1n) is 8.87. The smallest absolute Gasteiger partial charge is 0.338 e. The van der Waals surface area contributed by atoms with Gasteiger partial charge in [-0.1, -0.05) is 35.9 Å². The highest BCUT2D eigenvalue weighted by Crippen LogP contribution is 2.22. The third-order valence-corrected chi connectivity index (χ3v) is 5.60. The van der Waals surface area contributed by atoms with Crippen molar-refractivity contribution >= 4 is 21.7 Å². The number of carbonyl (C=O) groups is 1. The number of nitrogens with one attached hydrogen (secondary N) is 1. The Labute approximate surface area is 170 Å². The van der Waals surface area contributed by atoms with E-state index in [0.717, 1.165) is 11.1 Å². The number of sulfonamides is 1. The molecule has 0 aliphatic heterocycles. The van der Waals surface area contributed by atoms with E-state index in [-0.39, 0.29) is 22.8 Å². The lowest BCUT2D eigenvalue weighted by atomic mass is 10.1. The van der Waals surface area contributed by atoms with Gasteiger partial charge in [-0.15, -0.1) is 0 Å². The normalized spacial score (nSPS) is 11.0. The van der Waals surface area contributed by atoms with Gasteiger partial charge >= 0.3 is 5.97 Å². The van der Waals surface area contributed by atoms with E-state index in [0.29, 0.717) is 5.75 Å². The van der Waals surface area contributed by atoms with Crippen LogP contribution >= 0.6 is 0 Å². The van der Waals surface area contributed by atoms with Gasteiger partial charge in [0.1, 0.15) is 12.4 Å². The van der Waals surface area contributed by atoms with Gasteiger partial charge < -0.3 is 9.47 Å². The summed E-state index contributed by atoms with van der Waals surface area (Å²) in [6, 6.07) is 19.8. The molecular formula is C22H21NO5S. The third kappa shape index (κ3) is 5.14. The zero-order chi connectivity index (χ0) is 20.9. The molecule has 0 amide bonds. The van der Waals surface area contributed by atoms with Gasteiger partial charge in [0.05, 0.1) is 17.6 Å². The molecular weight excluding hydrogens is 390 g/mol. The van der Waals surface area contributed by atoms with E-state index in [1.54, 1.807) is 43.5 Å². The summed E-state index contributed by atoms with van der Waals surface area (Å²) in [4.78, 5) is 12.6. The van der Waals surface area contributed by atoms with Crippen molar-refractivity contribution in [2.45, 2.75) is 18.4 Å². The summed E-state index contributed by atoms with van der Waals surface area (Å²) >= 11 is 0. The summed E-state index contributed by atoms with van der Waals surface area (Å²) < 4.78 is 38.1. The molecule has 3 rings (SSSR count). The molecule has 1 N–H and O–H groups in total. The molecule has 29 heavy (non-hydrogen) atoms. The Morgan fingerprint density at radius 1 is 0.966 bits per heavy atom. The van der Waals surface area contributed by atoms with Crippen LogP contribution in [0.2, 0.25) is 0 Å². The first kappa shape index (κ1) is 20.4. The van der Waals surface area contributed by atoms with Crippen LogP contribution in [0, 0.1) is 6.92 Å². The lowest BCUT2D eigenvalue weighted by molar-refractivity contribution is 0.0470. The molecule has 0 aromatic heterocycles. The Morgan fingerprint density at radius 2 is 1.72 bits per heavy atom. The Balaban J connectivity index is 1.72. The van der Waals surface area contributed by atoms with Crippen LogP contribution in [-0.2, 0) is 21.4 Å². The van der Waals surface area contributed by atoms with Crippen LogP contribution in [-0.4, -0.2) is 21.5 Å². The summed E-state index contributed by atoms with van der Waals surface area (Å²) in [7, 11) is -2.19. The van der Waals surface area contributed by atoms with Crippen molar-refractivity contribution in [2.75, 3.05) is 11.8 Å². The number of esters is 1. The molecule has 150 valence electrons. The highest BCUT2D eigenvalue weighted by Gasteiger charge is 2.15. The van der Waals surface area contributed by atoms with Crippen molar-refractivity contribution in [3.8, 4) is 5.75 Å². The van der Waals surface area contributed by atoms with E-state index in [2.05, 4.69) is 4.72 Å². The third-order valence-electron chi connectivity index (χ3n) is 4.20. The SMILES string of the molecule is COc1ccc(C)cc1COC(=O)c1cccc(NS(=O)(=O)c2ccccc2)c1. The van der Waals surface area contributed by atoms with E-state index in [1.165, 1.54) is 18.2 Å². The number of methoxy groups -OCH3 is 1. The Kier molecular flexibility index (Phi) is 6.19. The molecule has 7 heteroatoms. The maximum atomic E-state index is 12.5. The highest BCUT2D eigenvalue weighted by molar-refractivity contribution is 7.92. The molecule has 0 heterocycles. The Hall–Kier alpha value is -3.32. The minimum absolute atomic E-state index is 0.0453. The van der Waals surface area contributed by atoms with Crippen molar-refractivity contribution in [2.24, 2.45) is 0 Å². The predicted octanol–water partition coefficient (Wildman–Crippen LogP) is 4.16. The van der Waals surface area contributed by atoms with Crippen LogP contribution in [0.15, 0.2) is 77.7 Å². The number of rotatable bonds is 7. The van der Waals surface area contributed by atoms with Gasteiger partial charge in [0.25, 0.3) is 10.0 Å². The first-order valence-corrected chi connectivity index (χ1v) is 10.4. The standard InChI is InChI=1S/C22H21NO5S/c1-16-11-12-21(27-2)18(13-16)15-28-22(24)17-7-6-8-19(14-17)23-29(25,26)20-9-4-3-5-10-20/h3-14,23H,15H2,1-2H3.